The number of hydrogen-bond acceptors (Lipinski definition) is 7. The van der Waals surface area contributed by atoms with Crippen molar-refractivity contribution in [1.29, 1.82) is 0 Å². The molecule has 0 saturated heterocycles. The summed E-state index contributed by atoms with van der Waals surface area (Å²) in [5, 5.41) is 9.25. The Labute approximate surface area is 319 Å². The number of Topliss-reactive ketones (excluding diaryl/α,β-unsaturated/α-hetero) is 1. The van der Waals surface area contributed by atoms with Crippen LogP contribution in [0.15, 0.2) is 24.3 Å². The van der Waals surface area contributed by atoms with Crippen molar-refractivity contribution in [3.63, 3.8) is 0 Å². The minimum Gasteiger partial charge on any atom is -0.505 e. The number of hydrogen-bond donors (Lipinski definition) is 1. The third-order valence-corrected chi connectivity index (χ3v) is 10.8. The van der Waals surface area contributed by atoms with E-state index in [4.69, 9.17) is 23.7 Å². The summed E-state index contributed by atoms with van der Waals surface area (Å²) < 4.78 is 84.1. The summed E-state index contributed by atoms with van der Waals surface area (Å²) in [5.41, 5.74) is 0. The van der Waals surface area contributed by atoms with Crippen LogP contribution in [0.5, 0.6) is 23.0 Å². The maximum atomic E-state index is 14.3. The minimum atomic E-state index is -1.28. The topological polar surface area (TPSA) is 83.5 Å². The van der Waals surface area contributed by atoms with Crippen LogP contribution in [0.3, 0.4) is 0 Å². The molecule has 2 saturated carbocycles. The number of carbonyl (C=O) groups excluding carboxylic acids is 1. The highest BCUT2D eigenvalue weighted by Crippen LogP contribution is 2.32. The fourth-order valence-corrected chi connectivity index (χ4v) is 7.41. The molecule has 1 N–H and O–H groups in total. The van der Waals surface area contributed by atoms with Gasteiger partial charge in [-0.1, -0.05) is 38.5 Å². The molecule has 2 fully saturated rings. The van der Waals surface area contributed by atoms with Crippen LogP contribution in [0.2, 0.25) is 0 Å². The van der Waals surface area contributed by atoms with E-state index in [-0.39, 0.29) is 42.0 Å². The van der Waals surface area contributed by atoms with Crippen LogP contribution in [-0.2, 0) is 14.3 Å². The predicted molar refractivity (Wildman–Crippen MR) is 200 cm³/mol. The molecule has 0 bridgehead atoms. The lowest BCUT2D eigenvalue weighted by atomic mass is 9.88. The van der Waals surface area contributed by atoms with Crippen molar-refractivity contribution in [3.8, 4) is 23.0 Å². The van der Waals surface area contributed by atoms with E-state index in [0.29, 0.717) is 37.8 Å². The molecule has 0 heterocycles. The Kier molecular flexibility index (Phi) is 19.8. The van der Waals surface area contributed by atoms with Gasteiger partial charge in [0.1, 0.15) is 5.78 Å². The van der Waals surface area contributed by atoms with Gasteiger partial charge >= 0.3 is 0 Å². The maximum Gasteiger partial charge on any atom is 0.204 e. The van der Waals surface area contributed by atoms with Gasteiger partial charge in [0, 0.05) is 26.1 Å². The average molecular weight is 767 g/mol. The number of unbranched alkanes of at least 4 members (excludes halogenated alkanes) is 8. The lowest BCUT2D eigenvalue weighted by molar-refractivity contribution is -0.119. The molecule has 2 aliphatic carbocycles. The Morgan fingerprint density at radius 2 is 0.944 bits per heavy atom. The van der Waals surface area contributed by atoms with Crippen molar-refractivity contribution in [2.24, 2.45) is 11.8 Å². The second-order valence-corrected chi connectivity index (χ2v) is 15.1. The van der Waals surface area contributed by atoms with E-state index in [1.807, 2.05) is 0 Å². The number of phenolic OH excluding ortho intramolecular Hbond substituents is 1. The zero-order valence-corrected chi connectivity index (χ0v) is 32.2. The van der Waals surface area contributed by atoms with Gasteiger partial charge in [0.05, 0.1) is 32.0 Å². The molecular weight excluding hydrogens is 704 g/mol. The second kappa shape index (κ2) is 24.5. The van der Waals surface area contributed by atoms with Gasteiger partial charge in [0.15, 0.2) is 23.0 Å². The highest BCUT2D eigenvalue weighted by Gasteiger charge is 2.25. The quantitative estimate of drug-likeness (QED) is 0.0754. The van der Waals surface area contributed by atoms with Gasteiger partial charge in [-0.05, 0) is 120 Å². The molecule has 0 radical (unpaired) electrons. The van der Waals surface area contributed by atoms with Crippen LogP contribution in [-0.4, -0.2) is 56.1 Å². The van der Waals surface area contributed by atoms with Crippen molar-refractivity contribution in [2.45, 2.75) is 148 Å². The number of rotatable bonds is 26. The number of benzene rings is 2. The molecule has 2 aliphatic rings. The first-order valence-electron chi connectivity index (χ1n) is 20.5. The normalized spacial score (nSPS) is 20.2. The molecule has 11 heteroatoms. The van der Waals surface area contributed by atoms with Crippen LogP contribution in [0.25, 0.3) is 0 Å². The molecule has 0 spiro atoms. The summed E-state index contributed by atoms with van der Waals surface area (Å²) in [7, 11) is 0. The van der Waals surface area contributed by atoms with Gasteiger partial charge in [-0.3, -0.25) is 4.79 Å². The molecule has 0 amide bonds. The summed E-state index contributed by atoms with van der Waals surface area (Å²) in [6, 6.07) is 5.18. The third kappa shape index (κ3) is 15.2. The Balaban J connectivity index is 0.881. The van der Waals surface area contributed by atoms with Crippen molar-refractivity contribution in [3.05, 3.63) is 47.5 Å². The smallest absolute Gasteiger partial charge is 0.204 e. The lowest BCUT2D eigenvalue weighted by Crippen LogP contribution is -2.25. The number of carbonyl (C=O) groups is 1. The molecule has 304 valence electrons. The zero-order valence-electron chi connectivity index (χ0n) is 32.2. The van der Waals surface area contributed by atoms with Crippen molar-refractivity contribution < 1.29 is 51.1 Å². The predicted octanol–water partition coefficient (Wildman–Crippen LogP) is 11.2. The first kappa shape index (κ1) is 43.7. The van der Waals surface area contributed by atoms with Gasteiger partial charge < -0.3 is 28.8 Å². The number of ketones is 1. The lowest BCUT2D eigenvalue weighted by Gasteiger charge is -2.28. The highest BCUT2D eigenvalue weighted by atomic mass is 19.2. The van der Waals surface area contributed by atoms with Crippen molar-refractivity contribution in [2.75, 3.05) is 33.0 Å². The minimum absolute atomic E-state index is 0.0722. The SMILES string of the molecule is CCOc1ccc(OCC2CCC(OCCCCCCCC(=O)CCCCCCCOC3CCC(COc4ccc(O)c(F)c4F)CC3)CC2)c(F)c1F. The molecule has 0 aromatic heterocycles. The first-order valence-corrected chi connectivity index (χ1v) is 20.5. The first-order chi connectivity index (χ1) is 26.2. The van der Waals surface area contributed by atoms with Gasteiger partial charge in [-0.25, -0.2) is 0 Å². The summed E-state index contributed by atoms with van der Waals surface area (Å²) in [6.45, 7) is 4.17. The van der Waals surface area contributed by atoms with Crippen LogP contribution < -0.4 is 14.2 Å². The van der Waals surface area contributed by atoms with Gasteiger partial charge in [-0.2, -0.15) is 17.6 Å². The van der Waals surface area contributed by atoms with Crippen LogP contribution in [0.4, 0.5) is 17.6 Å². The number of halogens is 4. The number of ether oxygens (including phenoxy) is 5. The van der Waals surface area contributed by atoms with E-state index >= 15 is 0 Å². The number of phenols is 1. The molecule has 0 aliphatic heterocycles. The Morgan fingerprint density at radius 1 is 0.556 bits per heavy atom. The molecule has 0 unspecified atom stereocenters. The van der Waals surface area contributed by atoms with Crippen LogP contribution in [0, 0.1) is 35.1 Å². The largest absolute Gasteiger partial charge is 0.505 e. The standard InChI is InChI=1S/C43H62F4O7/c1-2-50-37-25-26-39(43(47)42(37)46)54-30-32-17-21-35(22-18-32)52-28-12-8-4-6-10-14-33(48)13-9-5-3-7-11-27-51-34-19-15-31(16-20-34)29-53-38-24-23-36(49)40(44)41(38)45/h23-26,31-32,34-35,49H,2-22,27-30H2,1H3. The molecule has 2 aromatic carbocycles. The second-order valence-electron chi connectivity index (χ2n) is 15.1. The van der Waals surface area contributed by atoms with E-state index in [1.165, 1.54) is 18.2 Å². The fraction of sp³-hybridized carbons (Fsp3) is 0.698. The Morgan fingerprint density at radius 3 is 1.41 bits per heavy atom. The average Bonchev–Trinajstić information content (AvgIpc) is 3.18. The third-order valence-electron chi connectivity index (χ3n) is 10.8. The maximum absolute atomic E-state index is 14.3. The molecule has 54 heavy (non-hydrogen) atoms. The number of aromatic hydroxyl groups is 1. The van der Waals surface area contributed by atoms with Gasteiger partial charge in [0.2, 0.25) is 23.3 Å². The van der Waals surface area contributed by atoms with Crippen molar-refractivity contribution >= 4 is 5.78 Å². The molecular formula is C43H62F4O7. The zero-order chi connectivity index (χ0) is 38.5. The van der Waals surface area contributed by atoms with Gasteiger partial charge in [0.25, 0.3) is 0 Å². The molecule has 7 nitrogen and oxygen atoms in total. The van der Waals surface area contributed by atoms with E-state index in [9.17, 15) is 27.5 Å². The van der Waals surface area contributed by atoms with Crippen LogP contribution >= 0.6 is 0 Å². The summed E-state index contributed by atoms with van der Waals surface area (Å²) in [5.74, 6) is -4.55. The Hall–Kier alpha value is -3.05. The summed E-state index contributed by atoms with van der Waals surface area (Å²) in [4.78, 5) is 12.3. The Bertz CT molecular complexity index is 1380. The van der Waals surface area contributed by atoms with Crippen LogP contribution in [0.1, 0.15) is 135 Å². The highest BCUT2D eigenvalue weighted by molar-refractivity contribution is 5.78. The monoisotopic (exact) mass is 766 g/mol. The molecule has 4 rings (SSSR count). The summed E-state index contributed by atoms with van der Waals surface area (Å²) >= 11 is 0. The van der Waals surface area contributed by atoms with E-state index in [2.05, 4.69) is 0 Å². The van der Waals surface area contributed by atoms with E-state index < -0.39 is 29.0 Å². The molecule has 2 aromatic rings. The van der Waals surface area contributed by atoms with E-state index in [0.717, 1.165) is 135 Å². The van der Waals surface area contributed by atoms with Crippen molar-refractivity contribution in [1.82, 2.24) is 0 Å². The van der Waals surface area contributed by atoms with Gasteiger partial charge in [-0.15, -0.1) is 0 Å². The summed E-state index contributed by atoms with van der Waals surface area (Å²) in [6.07, 6.45) is 19.9. The van der Waals surface area contributed by atoms with E-state index in [1.54, 1.807) is 6.92 Å². The fourth-order valence-electron chi connectivity index (χ4n) is 7.41. The molecule has 0 atom stereocenters.